The number of aliphatic carboxylic acids is 1. The first-order valence-electron chi connectivity index (χ1n) is 12.9. The Morgan fingerprint density at radius 3 is 2.66 bits per heavy atom. The van der Waals surface area contributed by atoms with Gasteiger partial charge in [0.15, 0.2) is 0 Å². The summed E-state index contributed by atoms with van der Waals surface area (Å²) in [4.78, 5) is 31.2. The number of fused-ring (bicyclic) bond motifs is 3. The maximum atomic E-state index is 12.6. The molecule has 0 spiro atoms. The van der Waals surface area contributed by atoms with E-state index in [0.29, 0.717) is 46.9 Å². The highest BCUT2D eigenvalue weighted by Crippen LogP contribution is 2.43. The number of halogens is 1. The maximum absolute atomic E-state index is 12.6. The van der Waals surface area contributed by atoms with Gasteiger partial charge in [-0.1, -0.05) is 18.0 Å². The van der Waals surface area contributed by atoms with Crippen LogP contribution in [0.4, 0.5) is 10.5 Å². The summed E-state index contributed by atoms with van der Waals surface area (Å²) in [6, 6.07) is 8.66. The number of benzene rings is 2. The Kier molecular flexibility index (Phi) is 7.24. The Balaban J connectivity index is 1.72. The average Bonchev–Trinajstić information content (AvgIpc) is 3.32. The highest BCUT2D eigenvalue weighted by molar-refractivity contribution is 6.30. The molecule has 202 valence electrons. The van der Waals surface area contributed by atoms with Crippen LogP contribution < -0.4 is 9.64 Å². The normalized spacial score (nSPS) is 22.1. The Hall–Kier alpha value is -3.30. The molecule has 2 N–H and O–H groups in total. The van der Waals surface area contributed by atoms with Gasteiger partial charge < -0.3 is 24.3 Å². The summed E-state index contributed by atoms with van der Waals surface area (Å²) in [6.07, 6.45) is 2.43. The minimum atomic E-state index is -1.17. The summed E-state index contributed by atoms with van der Waals surface area (Å²) >= 11 is 6.29. The molecule has 2 heterocycles. The molecule has 9 nitrogen and oxygen atoms in total. The van der Waals surface area contributed by atoms with E-state index < -0.39 is 24.1 Å². The Morgan fingerprint density at radius 1 is 1.16 bits per heavy atom. The lowest BCUT2D eigenvalue weighted by atomic mass is 9.85. The monoisotopic (exact) mass is 541 g/mol. The first-order chi connectivity index (χ1) is 18.2. The maximum Gasteiger partial charge on any atom is 0.414 e. The second kappa shape index (κ2) is 10.5. The van der Waals surface area contributed by atoms with Gasteiger partial charge in [-0.3, -0.25) is 9.69 Å². The van der Waals surface area contributed by atoms with E-state index >= 15 is 0 Å². The number of imidazole rings is 1. The molecule has 10 heteroatoms. The molecule has 0 radical (unpaired) electrons. The quantitative estimate of drug-likeness (QED) is 0.438. The number of anilines is 1. The standard InChI is InChI=1S/C28H32ClN3O6/c1-15-7-9-19-21(31(15)28(36)38-3)10-11-22-24(19)30-26(25(33)20-14-17(29)8-12-23(20)37-2)32(22)18-6-4-5-16(13-18)27(34)35/h8,10-12,14-16,18,25,33H,4-7,9,13H2,1-3H3,(H,34,35)/t15-,16?,18?,25?/m0/s1. The third-order valence-electron chi connectivity index (χ3n) is 7.94. The Morgan fingerprint density at radius 2 is 1.95 bits per heavy atom. The molecule has 3 aromatic rings. The topological polar surface area (TPSA) is 114 Å². The summed E-state index contributed by atoms with van der Waals surface area (Å²) in [6.45, 7) is 1.98. The van der Waals surface area contributed by atoms with E-state index in [1.54, 1.807) is 23.1 Å². The molecule has 1 aliphatic carbocycles. The fourth-order valence-corrected chi connectivity index (χ4v) is 6.23. The lowest BCUT2D eigenvalue weighted by Gasteiger charge is -2.34. The number of methoxy groups -OCH3 is 2. The molecular weight excluding hydrogens is 510 g/mol. The number of carbonyl (C=O) groups excluding carboxylic acids is 1. The van der Waals surface area contributed by atoms with E-state index in [-0.39, 0.29) is 12.1 Å². The van der Waals surface area contributed by atoms with E-state index in [2.05, 4.69) is 0 Å². The van der Waals surface area contributed by atoms with Gasteiger partial charge in [-0.05, 0) is 69.4 Å². The molecule has 2 aromatic carbocycles. The zero-order valence-electron chi connectivity index (χ0n) is 21.7. The molecule has 0 bridgehead atoms. The van der Waals surface area contributed by atoms with Crippen LogP contribution in [0.25, 0.3) is 11.0 Å². The number of rotatable bonds is 5. The van der Waals surface area contributed by atoms with Crippen LogP contribution in [0.15, 0.2) is 30.3 Å². The van der Waals surface area contributed by atoms with Crippen molar-refractivity contribution in [3.8, 4) is 5.75 Å². The van der Waals surface area contributed by atoms with Gasteiger partial charge in [0.25, 0.3) is 0 Å². The minimum Gasteiger partial charge on any atom is -0.496 e. The van der Waals surface area contributed by atoms with Gasteiger partial charge in [0.2, 0.25) is 0 Å². The summed E-state index contributed by atoms with van der Waals surface area (Å²) in [5.41, 5.74) is 3.61. The molecule has 1 aliphatic heterocycles. The van der Waals surface area contributed by atoms with Gasteiger partial charge in [0.05, 0.1) is 36.9 Å². The number of carboxylic acids is 1. The van der Waals surface area contributed by atoms with Crippen molar-refractivity contribution in [3.05, 3.63) is 52.3 Å². The van der Waals surface area contributed by atoms with Crippen LogP contribution in [0, 0.1) is 5.92 Å². The number of aliphatic hydroxyl groups is 1. The molecule has 5 rings (SSSR count). The number of carbonyl (C=O) groups is 2. The fraction of sp³-hybridized carbons (Fsp3) is 0.464. The summed E-state index contributed by atoms with van der Waals surface area (Å²) in [7, 11) is 2.89. The van der Waals surface area contributed by atoms with Crippen molar-refractivity contribution in [1.82, 2.24) is 9.55 Å². The van der Waals surface area contributed by atoms with Gasteiger partial charge in [0.1, 0.15) is 17.7 Å². The Labute approximate surface area is 225 Å². The van der Waals surface area contributed by atoms with Gasteiger partial charge in [-0.15, -0.1) is 0 Å². The molecule has 4 atom stereocenters. The number of ether oxygens (including phenoxy) is 2. The molecule has 2 aliphatic rings. The second-order valence-corrected chi connectivity index (χ2v) is 10.6. The van der Waals surface area contributed by atoms with Crippen LogP contribution in [0.3, 0.4) is 0 Å². The van der Waals surface area contributed by atoms with Crippen molar-refractivity contribution in [2.75, 3.05) is 19.1 Å². The van der Waals surface area contributed by atoms with Crippen molar-refractivity contribution >= 4 is 40.4 Å². The number of aromatic nitrogens is 2. The van der Waals surface area contributed by atoms with Crippen LogP contribution in [-0.2, 0) is 16.0 Å². The Bertz CT molecular complexity index is 1390. The number of amides is 1. The molecule has 1 aromatic heterocycles. The zero-order valence-corrected chi connectivity index (χ0v) is 22.4. The van der Waals surface area contributed by atoms with Gasteiger partial charge >= 0.3 is 12.1 Å². The minimum absolute atomic E-state index is 0.0371. The smallest absolute Gasteiger partial charge is 0.414 e. The molecule has 1 amide bonds. The van der Waals surface area contributed by atoms with Crippen LogP contribution >= 0.6 is 11.6 Å². The van der Waals surface area contributed by atoms with Crippen molar-refractivity contribution < 1.29 is 29.3 Å². The predicted octanol–water partition coefficient (Wildman–Crippen LogP) is 5.50. The van der Waals surface area contributed by atoms with Gasteiger partial charge in [-0.25, -0.2) is 9.78 Å². The number of aryl methyl sites for hydroxylation is 1. The molecule has 1 saturated carbocycles. The number of hydrogen-bond donors (Lipinski definition) is 2. The second-order valence-electron chi connectivity index (χ2n) is 10.1. The summed E-state index contributed by atoms with van der Waals surface area (Å²) < 4.78 is 12.6. The lowest BCUT2D eigenvalue weighted by Crippen LogP contribution is -2.42. The van der Waals surface area contributed by atoms with Crippen LogP contribution in [-0.4, -0.2) is 52.1 Å². The largest absolute Gasteiger partial charge is 0.496 e. The van der Waals surface area contributed by atoms with E-state index in [1.807, 2.05) is 23.6 Å². The third kappa shape index (κ3) is 4.47. The van der Waals surface area contributed by atoms with E-state index in [9.17, 15) is 19.8 Å². The van der Waals surface area contributed by atoms with Crippen LogP contribution in [0.1, 0.15) is 68.1 Å². The predicted molar refractivity (Wildman–Crippen MR) is 143 cm³/mol. The van der Waals surface area contributed by atoms with E-state index in [0.717, 1.165) is 36.0 Å². The van der Waals surface area contributed by atoms with E-state index in [1.165, 1.54) is 14.2 Å². The molecule has 38 heavy (non-hydrogen) atoms. The van der Waals surface area contributed by atoms with Crippen molar-refractivity contribution in [2.45, 2.75) is 63.6 Å². The summed E-state index contributed by atoms with van der Waals surface area (Å²) in [5.74, 6) is -0.406. The van der Waals surface area contributed by atoms with Gasteiger partial charge in [-0.2, -0.15) is 0 Å². The highest BCUT2D eigenvalue weighted by Gasteiger charge is 2.36. The first-order valence-corrected chi connectivity index (χ1v) is 13.3. The number of aliphatic hydroxyl groups excluding tert-OH is 1. The zero-order chi connectivity index (χ0) is 27.1. The number of nitrogens with zero attached hydrogens (tertiary/aromatic N) is 3. The van der Waals surface area contributed by atoms with Crippen molar-refractivity contribution in [2.24, 2.45) is 5.92 Å². The molecule has 0 saturated heterocycles. The SMILES string of the molecule is COC(=O)N1c2ccc3c(nc(C(O)c4cc(Cl)ccc4OC)n3C3CCCC(C(=O)O)C3)c2CC[C@@H]1C. The van der Waals surface area contributed by atoms with Gasteiger partial charge in [0, 0.05) is 28.2 Å². The highest BCUT2D eigenvalue weighted by atomic mass is 35.5. The van der Waals surface area contributed by atoms with E-state index in [4.69, 9.17) is 26.1 Å². The molecule has 1 fully saturated rings. The van der Waals surface area contributed by atoms with Crippen molar-refractivity contribution in [1.29, 1.82) is 0 Å². The van der Waals surface area contributed by atoms with Crippen LogP contribution in [0.2, 0.25) is 5.02 Å². The lowest BCUT2D eigenvalue weighted by molar-refractivity contribution is -0.143. The van der Waals surface area contributed by atoms with Crippen molar-refractivity contribution in [3.63, 3.8) is 0 Å². The number of carboxylic acid groups (broad SMARTS) is 1. The third-order valence-corrected chi connectivity index (χ3v) is 8.18. The summed E-state index contributed by atoms with van der Waals surface area (Å²) in [5, 5.41) is 21.9. The first kappa shape index (κ1) is 26.3. The molecular formula is C28H32ClN3O6. The number of hydrogen-bond acceptors (Lipinski definition) is 6. The fourth-order valence-electron chi connectivity index (χ4n) is 6.05. The average molecular weight is 542 g/mol. The van der Waals surface area contributed by atoms with Crippen LogP contribution in [0.5, 0.6) is 5.75 Å². The molecule has 3 unspecified atom stereocenters.